The number of imidazole rings is 1. The van der Waals surface area contributed by atoms with E-state index in [1.807, 2.05) is 0 Å². The Labute approximate surface area is 96.4 Å². The summed E-state index contributed by atoms with van der Waals surface area (Å²) in [5, 5.41) is 5.79. The second kappa shape index (κ2) is 3.96. The first kappa shape index (κ1) is 10.5. The van der Waals surface area contributed by atoms with Crippen LogP contribution in [0.1, 0.15) is 0 Å². The summed E-state index contributed by atoms with van der Waals surface area (Å²) in [5.41, 5.74) is 1.59. The quantitative estimate of drug-likeness (QED) is 0.741. The topological polar surface area (TPSA) is 52.7 Å². The zero-order valence-electron chi connectivity index (χ0n) is 9.00. The Bertz CT molecular complexity index is 539. The number of H-pyrrole nitrogens is 1. The summed E-state index contributed by atoms with van der Waals surface area (Å²) in [4.78, 5) is 6.87. The van der Waals surface area contributed by atoms with Gasteiger partial charge in [0.2, 0.25) is 0 Å². The van der Waals surface area contributed by atoms with Crippen LogP contribution in [-0.4, -0.2) is 35.3 Å². The lowest BCUT2D eigenvalue weighted by molar-refractivity contribution is 0.342. The summed E-state index contributed by atoms with van der Waals surface area (Å²) in [6, 6.07) is 2.56. The average Bonchev–Trinajstić information content (AvgIpc) is 2.89. The number of fused-ring (bicyclic) bond motifs is 1. The average molecular weight is 238 g/mol. The Morgan fingerprint density at radius 2 is 2.24 bits per heavy atom. The van der Waals surface area contributed by atoms with E-state index >= 15 is 0 Å². The number of nitrogens with zero attached hydrogens (tertiary/aromatic N) is 1. The number of aromatic nitrogens is 2. The van der Waals surface area contributed by atoms with Crippen LogP contribution in [-0.2, 0) is 0 Å². The zero-order chi connectivity index (χ0) is 11.8. The van der Waals surface area contributed by atoms with Crippen LogP contribution in [0.15, 0.2) is 18.5 Å². The lowest BCUT2D eigenvalue weighted by atomic mass is 10.2. The SMILES string of the molecule is Fc1cc2[nH]cnc2cc1N[C@H]1CNC[C@H]1F. The van der Waals surface area contributed by atoms with E-state index in [0.717, 1.165) is 0 Å². The molecule has 0 saturated carbocycles. The summed E-state index contributed by atoms with van der Waals surface area (Å²) in [6.07, 6.45) is 0.507. The van der Waals surface area contributed by atoms with E-state index in [1.165, 1.54) is 12.4 Å². The number of benzene rings is 1. The molecule has 3 N–H and O–H groups in total. The minimum atomic E-state index is -0.996. The number of rotatable bonds is 2. The van der Waals surface area contributed by atoms with E-state index in [4.69, 9.17) is 0 Å². The Kier molecular flexibility index (Phi) is 2.44. The molecule has 0 radical (unpaired) electrons. The normalized spacial score (nSPS) is 24.4. The van der Waals surface area contributed by atoms with E-state index < -0.39 is 12.0 Å². The smallest absolute Gasteiger partial charge is 0.148 e. The van der Waals surface area contributed by atoms with Crippen molar-refractivity contribution in [3.05, 3.63) is 24.3 Å². The third-order valence-corrected chi connectivity index (χ3v) is 2.99. The van der Waals surface area contributed by atoms with Gasteiger partial charge in [-0.15, -0.1) is 0 Å². The molecule has 1 aliphatic heterocycles. The fourth-order valence-electron chi connectivity index (χ4n) is 2.05. The van der Waals surface area contributed by atoms with Crippen LogP contribution in [0.25, 0.3) is 11.0 Å². The minimum absolute atomic E-state index is 0.293. The zero-order valence-corrected chi connectivity index (χ0v) is 9.00. The lowest BCUT2D eigenvalue weighted by Crippen LogP contribution is -2.29. The molecule has 2 atom stereocenters. The summed E-state index contributed by atoms with van der Waals surface area (Å²) in [7, 11) is 0. The van der Waals surface area contributed by atoms with Gasteiger partial charge in [0.25, 0.3) is 0 Å². The largest absolute Gasteiger partial charge is 0.376 e. The highest BCUT2D eigenvalue weighted by Gasteiger charge is 2.27. The molecule has 17 heavy (non-hydrogen) atoms. The highest BCUT2D eigenvalue weighted by atomic mass is 19.1. The molecule has 0 amide bonds. The van der Waals surface area contributed by atoms with Crippen molar-refractivity contribution in [2.75, 3.05) is 18.4 Å². The number of alkyl halides is 1. The van der Waals surface area contributed by atoms with Crippen LogP contribution < -0.4 is 10.6 Å². The molecule has 90 valence electrons. The van der Waals surface area contributed by atoms with Gasteiger partial charge < -0.3 is 15.6 Å². The molecule has 1 aromatic carbocycles. The third-order valence-electron chi connectivity index (χ3n) is 2.99. The standard InChI is InChI=1S/C11H12F2N4/c12-6-1-9-10(16-5-15-9)2-8(6)17-11-4-14-3-7(11)13/h1-2,5,7,11,14,17H,3-4H2,(H,15,16)/t7-,11+/m1/s1. The number of anilines is 1. The Hall–Kier alpha value is -1.69. The van der Waals surface area contributed by atoms with E-state index in [-0.39, 0.29) is 6.04 Å². The molecular weight excluding hydrogens is 226 g/mol. The van der Waals surface area contributed by atoms with Crippen molar-refractivity contribution in [3.8, 4) is 0 Å². The van der Waals surface area contributed by atoms with Gasteiger partial charge in [-0.1, -0.05) is 0 Å². The number of halogens is 2. The predicted octanol–water partition coefficient (Wildman–Crippen LogP) is 1.42. The van der Waals surface area contributed by atoms with Gasteiger partial charge in [-0.3, -0.25) is 0 Å². The van der Waals surface area contributed by atoms with Crippen LogP contribution in [0.2, 0.25) is 0 Å². The molecule has 1 fully saturated rings. The molecule has 1 aliphatic rings. The van der Waals surface area contributed by atoms with Crippen LogP contribution in [0.4, 0.5) is 14.5 Å². The van der Waals surface area contributed by atoms with Gasteiger partial charge in [0.05, 0.1) is 29.1 Å². The van der Waals surface area contributed by atoms with E-state index in [9.17, 15) is 8.78 Å². The van der Waals surface area contributed by atoms with Gasteiger partial charge in [-0.25, -0.2) is 13.8 Å². The second-order valence-electron chi connectivity index (χ2n) is 4.18. The summed E-state index contributed by atoms with van der Waals surface area (Å²) in [5.74, 6) is -0.402. The Balaban J connectivity index is 1.91. The molecule has 1 aromatic heterocycles. The van der Waals surface area contributed by atoms with Crippen molar-refractivity contribution >= 4 is 16.7 Å². The molecule has 4 nitrogen and oxygen atoms in total. The molecule has 3 rings (SSSR count). The first-order valence-corrected chi connectivity index (χ1v) is 5.48. The molecule has 2 aromatic rings. The van der Waals surface area contributed by atoms with Gasteiger partial charge in [-0.05, 0) is 6.07 Å². The van der Waals surface area contributed by atoms with Gasteiger partial charge >= 0.3 is 0 Å². The van der Waals surface area contributed by atoms with Crippen LogP contribution >= 0.6 is 0 Å². The number of hydrogen-bond donors (Lipinski definition) is 3. The van der Waals surface area contributed by atoms with Crippen LogP contribution in [0, 0.1) is 5.82 Å². The molecule has 0 unspecified atom stereocenters. The second-order valence-corrected chi connectivity index (χ2v) is 4.18. The Morgan fingerprint density at radius 1 is 1.35 bits per heavy atom. The predicted molar refractivity (Wildman–Crippen MR) is 61.2 cm³/mol. The first-order chi connectivity index (χ1) is 8.24. The number of aromatic amines is 1. The van der Waals surface area contributed by atoms with Gasteiger partial charge in [-0.2, -0.15) is 0 Å². The van der Waals surface area contributed by atoms with Crippen molar-refractivity contribution in [2.24, 2.45) is 0 Å². The lowest BCUT2D eigenvalue weighted by Gasteiger charge is -2.15. The maximum Gasteiger partial charge on any atom is 0.148 e. The maximum absolute atomic E-state index is 13.7. The molecule has 6 heteroatoms. The summed E-state index contributed by atoms with van der Waals surface area (Å²) >= 11 is 0. The minimum Gasteiger partial charge on any atom is -0.376 e. The van der Waals surface area contributed by atoms with E-state index in [2.05, 4.69) is 20.6 Å². The fraction of sp³-hybridized carbons (Fsp3) is 0.364. The van der Waals surface area contributed by atoms with Crippen molar-refractivity contribution in [2.45, 2.75) is 12.2 Å². The number of hydrogen-bond acceptors (Lipinski definition) is 3. The molecule has 2 heterocycles. The Morgan fingerprint density at radius 3 is 3.00 bits per heavy atom. The molecule has 0 spiro atoms. The van der Waals surface area contributed by atoms with E-state index in [0.29, 0.717) is 29.8 Å². The van der Waals surface area contributed by atoms with Gasteiger partial charge in [0.15, 0.2) is 0 Å². The van der Waals surface area contributed by atoms with E-state index in [1.54, 1.807) is 6.07 Å². The third kappa shape index (κ3) is 1.84. The fourth-order valence-corrected chi connectivity index (χ4v) is 2.05. The number of nitrogens with one attached hydrogen (secondary N) is 3. The summed E-state index contributed by atoms with van der Waals surface area (Å²) < 4.78 is 27.1. The summed E-state index contributed by atoms with van der Waals surface area (Å²) in [6.45, 7) is 0.809. The van der Waals surface area contributed by atoms with Crippen molar-refractivity contribution < 1.29 is 8.78 Å². The van der Waals surface area contributed by atoms with Crippen LogP contribution in [0.5, 0.6) is 0 Å². The first-order valence-electron chi connectivity index (χ1n) is 5.48. The maximum atomic E-state index is 13.7. The van der Waals surface area contributed by atoms with Crippen molar-refractivity contribution in [1.82, 2.24) is 15.3 Å². The molecule has 1 saturated heterocycles. The molecule has 0 aliphatic carbocycles. The highest BCUT2D eigenvalue weighted by molar-refractivity contribution is 5.79. The van der Waals surface area contributed by atoms with Crippen LogP contribution in [0.3, 0.4) is 0 Å². The van der Waals surface area contributed by atoms with Crippen molar-refractivity contribution in [1.29, 1.82) is 0 Å². The molecule has 0 bridgehead atoms. The molecular formula is C11H12F2N4. The highest BCUT2D eigenvalue weighted by Crippen LogP contribution is 2.22. The monoisotopic (exact) mass is 238 g/mol. The van der Waals surface area contributed by atoms with Gasteiger partial charge in [0.1, 0.15) is 12.0 Å². The van der Waals surface area contributed by atoms with Crippen molar-refractivity contribution in [3.63, 3.8) is 0 Å². The van der Waals surface area contributed by atoms with Gasteiger partial charge in [0, 0.05) is 19.2 Å².